The Bertz CT molecular complexity index is 443. The van der Waals surface area contributed by atoms with E-state index in [-0.39, 0.29) is 5.97 Å². The first kappa shape index (κ1) is 27.0. The summed E-state index contributed by atoms with van der Waals surface area (Å²) < 4.78 is 25.7. The molecule has 0 spiro atoms. The SMILES string of the molecule is C=CC(=O)OCCC[Si](O[Si](C)(C)C)(O[Si](C)(C)C)O[Si](CC)(CC)CC. The summed E-state index contributed by atoms with van der Waals surface area (Å²) in [6, 6.07) is 3.87. The van der Waals surface area contributed by atoms with Crippen molar-refractivity contribution < 1.29 is 21.9 Å². The van der Waals surface area contributed by atoms with Gasteiger partial charge >= 0.3 is 14.8 Å². The smallest absolute Gasteiger partial charge is 0.463 e. The molecular formula is C18H42O5Si4. The zero-order valence-corrected chi connectivity index (χ0v) is 23.1. The molecule has 0 aromatic heterocycles. The lowest BCUT2D eigenvalue weighted by atomic mass is 10.5. The van der Waals surface area contributed by atoms with E-state index in [1.54, 1.807) is 0 Å². The molecule has 5 nitrogen and oxygen atoms in total. The van der Waals surface area contributed by atoms with E-state index in [2.05, 4.69) is 66.6 Å². The molecule has 0 fully saturated rings. The van der Waals surface area contributed by atoms with Gasteiger partial charge in [0.1, 0.15) is 0 Å². The molecule has 0 aromatic carbocycles. The van der Waals surface area contributed by atoms with Crippen LogP contribution in [0.4, 0.5) is 0 Å². The molecule has 0 aliphatic heterocycles. The molecule has 0 aliphatic carbocycles. The van der Waals surface area contributed by atoms with E-state index in [1.807, 2.05) is 0 Å². The molecular weight excluding hydrogens is 409 g/mol. The maximum absolute atomic E-state index is 11.4. The monoisotopic (exact) mass is 450 g/mol. The van der Waals surface area contributed by atoms with Gasteiger partial charge in [-0.3, -0.25) is 0 Å². The zero-order valence-electron chi connectivity index (χ0n) is 19.1. The van der Waals surface area contributed by atoms with E-state index in [4.69, 9.17) is 17.1 Å². The molecule has 0 saturated heterocycles. The Hall–Kier alpha value is -0.0425. The largest absolute Gasteiger partial charge is 0.469 e. The molecule has 0 radical (unpaired) electrons. The van der Waals surface area contributed by atoms with Gasteiger partial charge in [-0.15, -0.1) is 0 Å². The van der Waals surface area contributed by atoms with Gasteiger partial charge in [0.15, 0.2) is 25.0 Å². The Balaban J connectivity index is 5.71. The van der Waals surface area contributed by atoms with E-state index in [9.17, 15) is 4.79 Å². The summed E-state index contributed by atoms with van der Waals surface area (Å²) in [5.41, 5.74) is 0. The molecule has 0 amide bonds. The van der Waals surface area contributed by atoms with Crippen LogP contribution in [0.25, 0.3) is 0 Å². The highest BCUT2D eigenvalue weighted by molar-refractivity contribution is 6.90. The van der Waals surface area contributed by atoms with Crippen LogP contribution in [0.5, 0.6) is 0 Å². The number of esters is 1. The van der Waals surface area contributed by atoms with Crippen molar-refractivity contribution in [1.29, 1.82) is 0 Å². The Morgan fingerprint density at radius 3 is 1.63 bits per heavy atom. The maximum Gasteiger partial charge on any atom is 0.469 e. The summed E-state index contributed by atoms with van der Waals surface area (Å²) in [4.78, 5) is 11.4. The number of rotatable bonds is 14. The first-order chi connectivity index (χ1) is 12.3. The summed E-state index contributed by atoms with van der Waals surface area (Å²) in [5, 5.41) is 0. The van der Waals surface area contributed by atoms with Gasteiger partial charge < -0.3 is 17.1 Å². The van der Waals surface area contributed by atoms with Crippen LogP contribution in [0.2, 0.25) is 63.5 Å². The number of ether oxygens (including phenoxy) is 1. The molecule has 9 heteroatoms. The third kappa shape index (κ3) is 10.9. The third-order valence-corrected chi connectivity index (χ3v) is 19.5. The van der Waals surface area contributed by atoms with Crippen LogP contribution in [0.1, 0.15) is 27.2 Å². The molecule has 0 atom stereocenters. The Kier molecular flexibility index (Phi) is 11.2. The van der Waals surface area contributed by atoms with Crippen molar-refractivity contribution >= 4 is 39.7 Å². The zero-order chi connectivity index (χ0) is 21.4. The van der Waals surface area contributed by atoms with Crippen molar-refractivity contribution in [3.63, 3.8) is 0 Å². The van der Waals surface area contributed by atoms with E-state index < -0.39 is 33.8 Å². The number of hydrogen-bond acceptors (Lipinski definition) is 5. The van der Waals surface area contributed by atoms with Crippen molar-refractivity contribution in [2.75, 3.05) is 6.61 Å². The first-order valence-electron chi connectivity index (χ1n) is 10.2. The summed E-state index contributed by atoms with van der Waals surface area (Å²) in [5.74, 6) is -0.389. The molecule has 0 N–H and O–H groups in total. The molecule has 0 bridgehead atoms. The predicted octanol–water partition coefficient (Wildman–Crippen LogP) is 5.77. The van der Waals surface area contributed by atoms with Gasteiger partial charge in [-0.25, -0.2) is 4.79 Å². The molecule has 0 rings (SSSR count). The number of carbonyl (C=O) groups excluding carboxylic acids is 1. The second-order valence-corrected chi connectivity index (χ2v) is 26.2. The molecule has 0 aromatic rings. The second-order valence-electron chi connectivity index (χ2n) is 8.93. The van der Waals surface area contributed by atoms with E-state index >= 15 is 0 Å². The van der Waals surface area contributed by atoms with Crippen molar-refractivity contribution in [3.8, 4) is 0 Å². The molecule has 0 aliphatic rings. The highest BCUT2D eigenvalue weighted by Gasteiger charge is 2.51. The van der Waals surface area contributed by atoms with Crippen LogP contribution in [0.3, 0.4) is 0 Å². The normalized spacial score (nSPS) is 13.5. The van der Waals surface area contributed by atoms with Crippen LogP contribution in [-0.4, -0.2) is 46.3 Å². The molecule has 0 heterocycles. The Morgan fingerprint density at radius 2 is 1.30 bits per heavy atom. The fourth-order valence-electron chi connectivity index (χ4n) is 2.97. The maximum atomic E-state index is 11.4. The molecule has 0 unspecified atom stereocenters. The van der Waals surface area contributed by atoms with Crippen LogP contribution in [-0.2, 0) is 21.9 Å². The summed E-state index contributed by atoms with van der Waals surface area (Å²) in [6.07, 6.45) is 1.88. The lowest BCUT2D eigenvalue weighted by Gasteiger charge is -2.45. The highest BCUT2D eigenvalue weighted by Crippen LogP contribution is 2.34. The second kappa shape index (κ2) is 11.2. The third-order valence-electron chi connectivity index (χ3n) is 4.27. The first-order valence-corrected chi connectivity index (χ1v) is 21.4. The van der Waals surface area contributed by atoms with Crippen molar-refractivity contribution in [2.24, 2.45) is 0 Å². The van der Waals surface area contributed by atoms with E-state index in [0.29, 0.717) is 19.1 Å². The lowest BCUT2D eigenvalue weighted by Crippen LogP contribution is -2.61. The van der Waals surface area contributed by atoms with Gasteiger partial charge in [0.2, 0.25) is 0 Å². The van der Waals surface area contributed by atoms with Gasteiger partial charge in [-0.05, 0) is 63.8 Å². The van der Waals surface area contributed by atoms with Crippen molar-refractivity contribution in [2.45, 2.75) is 90.7 Å². The fourth-order valence-corrected chi connectivity index (χ4v) is 19.7. The average Bonchev–Trinajstić information content (AvgIpc) is 2.53. The summed E-state index contributed by atoms with van der Waals surface area (Å²) in [6.45, 7) is 23.6. The van der Waals surface area contributed by atoms with Gasteiger partial charge in [-0.2, -0.15) is 0 Å². The van der Waals surface area contributed by atoms with Crippen LogP contribution < -0.4 is 0 Å². The lowest BCUT2D eigenvalue weighted by molar-refractivity contribution is -0.137. The molecule has 0 saturated carbocycles. The van der Waals surface area contributed by atoms with Crippen LogP contribution in [0, 0.1) is 0 Å². The minimum atomic E-state index is -2.88. The van der Waals surface area contributed by atoms with Gasteiger partial charge in [0.25, 0.3) is 0 Å². The summed E-state index contributed by atoms with van der Waals surface area (Å²) in [7, 11) is -8.56. The average molecular weight is 451 g/mol. The highest BCUT2D eigenvalue weighted by atomic mass is 28.5. The minimum absolute atomic E-state index is 0.339. The van der Waals surface area contributed by atoms with Crippen LogP contribution >= 0.6 is 0 Å². The predicted molar refractivity (Wildman–Crippen MR) is 123 cm³/mol. The molecule has 160 valence electrons. The topological polar surface area (TPSA) is 54.0 Å². The number of hydrogen-bond donors (Lipinski definition) is 0. The standard InChI is InChI=1S/C18H42O5Si4/c1-11-18(19)20-16-15-17-27(21-24(5,6)7,22-25(8,9)10)23-26(12-2,13-3)14-4/h11H,1,12-17H2,2-10H3. The van der Waals surface area contributed by atoms with Crippen molar-refractivity contribution in [1.82, 2.24) is 0 Å². The van der Waals surface area contributed by atoms with Gasteiger partial charge in [0.05, 0.1) is 6.61 Å². The minimum Gasteiger partial charge on any atom is -0.463 e. The fraction of sp³-hybridized carbons (Fsp3) is 0.833. The quantitative estimate of drug-likeness (QED) is 0.145. The summed E-state index contributed by atoms with van der Waals surface area (Å²) >= 11 is 0. The Morgan fingerprint density at radius 1 is 0.852 bits per heavy atom. The molecule has 27 heavy (non-hydrogen) atoms. The Labute approximate surface area is 171 Å². The van der Waals surface area contributed by atoms with Gasteiger partial charge in [-0.1, -0.05) is 27.4 Å². The van der Waals surface area contributed by atoms with E-state index in [1.165, 1.54) is 6.08 Å². The van der Waals surface area contributed by atoms with Crippen molar-refractivity contribution in [3.05, 3.63) is 12.7 Å². The van der Waals surface area contributed by atoms with E-state index in [0.717, 1.165) is 18.1 Å². The van der Waals surface area contributed by atoms with Crippen LogP contribution in [0.15, 0.2) is 12.7 Å². The van der Waals surface area contributed by atoms with Gasteiger partial charge in [0, 0.05) is 12.1 Å². The number of carbonyl (C=O) groups is 1.